The lowest BCUT2D eigenvalue weighted by molar-refractivity contribution is -0.118. The molecule has 1 unspecified atom stereocenters. The van der Waals surface area contributed by atoms with Crippen molar-refractivity contribution in [3.05, 3.63) is 64.2 Å². The number of carbonyl (C=O) groups excluding carboxylic acids is 1. The molecule has 0 N–H and O–H groups in total. The molecule has 0 saturated carbocycles. The van der Waals surface area contributed by atoms with Crippen LogP contribution in [0.1, 0.15) is 40.2 Å². The largest absolute Gasteiger partial charge is 0.312 e. The molecule has 0 bridgehead atoms. The zero-order valence-electron chi connectivity index (χ0n) is 13.8. The fourth-order valence-corrected chi connectivity index (χ4v) is 3.12. The van der Waals surface area contributed by atoms with Crippen molar-refractivity contribution in [3.63, 3.8) is 0 Å². The number of amides is 1. The van der Waals surface area contributed by atoms with E-state index in [9.17, 15) is 4.79 Å². The maximum absolute atomic E-state index is 12.8. The van der Waals surface area contributed by atoms with E-state index in [1.165, 1.54) is 22.3 Å². The van der Waals surface area contributed by atoms with E-state index in [-0.39, 0.29) is 11.8 Å². The van der Waals surface area contributed by atoms with Crippen molar-refractivity contribution in [3.8, 4) is 0 Å². The molecule has 1 amide bonds. The molecule has 0 aromatic heterocycles. The molecule has 2 heteroatoms. The molecule has 0 spiro atoms. The number of benzene rings is 2. The molecule has 2 aromatic carbocycles. The van der Waals surface area contributed by atoms with E-state index in [1.54, 1.807) is 0 Å². The maximum atomic E-state index is 12.8. The van der Waals surface area contributed by atoms with Crippen LogP contribution in [-0.2, 0) is 4.79 Å². The summed E-state index contributed by atoms with van der Waals surface area (Å²) in [5.74, 6) is 0.229. The SMILES string of the molecule is Cc1ccc(C2CCN(c3ccc(C)c(C)c3)C2=O)cc1C. The van der Waals surface area contributed by atoms with Crippen LogP contribution in [0.5, 0.6) is 0 Å². The van der Waals surface area contributed by atoms with Crippen LogP contribution in [0.3, 0.4) is 0 Å². The lowest BCUT2D eigenvalue weighted by atomic mass is 9.94. The van der Waals surface area contributed by atoms with E-state index in [0.29, 0.717) is 0 Å². The Morgan fingerprint density at radius 2 is 1.50 bits per heavy atom. The molecule has 0 radical (unpaired) electrons. The van der Waals surface area contributed by atoms with Gasteiger partial charge in [-0.25, -0.2) is 0 Å². The Kier molecular flexibility index (Phi) is 3.78. The zero-order valence-corrected chi connectivity index (χ0v) is 13.8. The second-order valence-corrected chi connectivity index (χ2v) is 6.44. The first-order valence-corrected chi connectivity index (χ1v) is 7.93. The predicted octanol–water partition coefficient (Wildman–Crippen LogP) is 4.44. The van der Waals surface area contributed by atoms with Gasteiger partial charge < -0.3 is 4.90 Å². The molecule has 3 rings (SSSR count). The van der Waals surface area contributed by atoms with E-state index in [1.807, 2.05) is 4.90 Å². The van der Waals surface area contributed by atoms with Crippen LogP contribution in [0, 0.1) is 27.7 Å². The third-order valence-corrected chi connectivity index (χ3v) is 4.94. The Morgan fingerprint density at radius 1 is 0.864 bits per heavy atom. The zero-order chi connectivity index (χ0) is 15.9. The predicted molar refractivity (Wildman–Crippen MR) is 91.5 cm³/mol. The molecular weight excluding hydrogens is 270 g/mol. The fraction of sp³-hybridized carbons (Fsp3) is 0.350. The van der Waals surface area contributed by atoms with Crippen LogP contribution in [0.4, 0.5) is 5.69 Å². The summed E-state index contributed by atoms with van der Waals surface area (Å²) in [6.07, 6.45) is 0.897. The monoisotopic (exact) mass is 293 g/mol. The van der Waals surface area contributed by atoms with Gasteiger partial charge >= 0.3 is 0 Å². The molecule has 2 aromatic rings. The Hall–Kier alpha value is -2.09. The average Bonchev–Trinajstić information content (AvgIpc) is 2.87. The van der Waals surface area contributed by atoms with Crippen LogP contribution in [-0.4, -0.2) is 12.5 Å². The molecule has 1 saturated heterocycles. The number of hydrogen-bond donors (Lipinski definition) is 0. The second kappa shape index (κ2) is 5.60. The number of rotatable bonds is 2. The maximum Gasteiger partial charge on any atom is 0.234 e. The summed E-state index contributed by atoms with van der Waals surface area (Å²) < 4.78 is 0. The van der Waals surface area contributed by atoms with Gasteiger partial charge in [-0.15, -0.1) is 0 Å². The first-order chi connectivity index (χ1) is 10.5. The Morgan fingerprint density at radius 3 is 2.14 bits per heavy atom. The van der Waals surface area contributed by atoms with Crippen molar-refractivity contribution < 1.29 is 4.79 Å². The summed E-state index contributed by atoms with van der Waals surface area (Å²) in [6, 6.07) is 12.7. The van der Waals surface area contributed by atoms with Gasteiger partial charge in [-0.05, 0) is 74.1 Å². The highest BCUT2D eigenvalue weighted by atomic mass is 16.2. The smallest absolute Gasteiger partial charge is 0.234 e. The molecule has 0 aliphatic carbocycles. The van der Waals surface area contributed by atoms with Gasteiger partial charge in [0.1, 0.15) is 0 Å². The van der Waals surface area contributed by atoms with Crippen LogP contribution in [0.25, 0.3) is 0 Å². The Labute approximate surface area is 132 Å². The average molecular weight is 293 g/mol. The lowest BCUT2D eigenvalue weighted by Gasteiger charge is -2.18. The number of carbonyl (C=O) groups is 1. The van der Waals surface area contributed by atoms with Gasteiger partial charge in [0.2, 0.25) is 5.91 Å². The van der Waals surface area contributed by atoms with Gasteiger partial charge in [-0.3, -0.25) is 4.79 Å². The van der Waals surface area contributed by atoms with E-state index in [0.717, 1.165) is 24.2 Å². The minimum Gasteiger partial charge on any atom is -0.312 e. The molecular formula is C20H23NO. The van der Waals surface area contributed by atoms with Crippen molar-refractivity contribution in [2.45, 2.75) is 40.0 Å². The first-order valence-electron chi connectivity index (χ1n) is 7.93. The van der Waals surface area contributed by atoms with Crippen molar-refractivity contribution in [1.29, 1.82) is 0 Å². The highest BCUT2D eigenvalue weighted by Crippen LogP contribution is 2.33. The van der Waals surface area contributed by atoms with Gasteiger partial charge in [0, 0.05) is 12.2 Å². The van der Waals surface area contributed by atoms with Gasteiger partial charge in [-0.2, -0.15) is 0 Å². The van der Waals surface area contributed by atoms with Crippen molar-refractivity contribution >= 4 is 11.6 Å². The van der Waals surface area contributed by atoms with Crippen LogP contribution in [0.15, 0.2) is 36.4 Å². The second-order valence-electron chi connectivity index (χ2n) is 6.44. The summed E-state index contributed by atoms with van der Waals surface area (Å²) in [4.78, 5) is 14.8. The molecule has 1 aliphatic heterocycles. The highest BCUT2D eigenvalue weighted by Gasteiger charge is 2.33. The standard InChI is InChI=1S/C20H23NO/c1-13-5-7-17(11-15(13)3)19-9-10-21(20(19)22)18-8-6-14(2)16(4)12-18/h5-8,11-12,19H,9-10H2,1-4H3. The minimum atomic E-state index is 0.000842. The third kappa shape index (κ3) is 2.54. The van der Waals surface area contributed by atoms with Crippen molar-refractivity contribution in [1.82, 2.24) is 0 Å². The van der Waals surface area contributed by atoms with Crippen molar-refractivity contribution in [2.24, 2.45) is 0 Å². The normalized spacial score (nSPS) is 18.1. The van der Waals surface area contributed by atoms with Gasteiger partial charge in [0.05, 0.1) is 5.92 Å². The van der Waals surface area contributed by atoms with Crippen LogP contribution < -0.4 is 4.90 Å². The summed E-state index contributed by atoms with van der Waals surface area (Å²) >= 11 is 0. The molecule has 114 valence electrons. The lowest BCUT2D eigenvalue weighted by Crippen LogP contribution is -2.26. The number of aryl methyl sites for hydroxylation is 4. The van der Waals surface area contributed by atoms with Gasteiger partial charge in [0.25, 0.3) is 0 Å². The van der Waals surface area contributed by atoms with Crippen molar-refractivity contribution in [2.75, 3.05) is 11.4 Å². The van der Waals surface area contributed by atoms with E-state index >= 15 is 0 Å². The summed E-state index contributed by atoms with van der Waals surface area (Å²) in [7, 11) is 0. The summed E-state index contributed by atoms with van der Waals surface area (Å²) in [6.45, 7) is 9.22. The Balaban J connectivity index is 1.88. The first kappa shape index (κ1) is 14.8. The topological polar surface area (TPSA) is 20.3 Å². The van der Waals surface area contributed by atoms with E-state index in [4.69, 9.17) is 0 Å². The summed E-state index contributed by atoms with van der Waals surface area (Å²) in [5, 5.41) is 0. The molecule has 1 aliphatic rings. The molecule has 2 nitrogen and oxygen atoms in total. The third-order valence-electron chi connectivity index (χ3n) is 4.94. The molecule has 22 heavy (non-hydrogen) atoms. The highest BCUT2D eigenvalue weighted by molar-refractivity contribution is 6.00. The molecule has 1 fully saturated rings. The van der Waals surface area contributed by atoms with Crippen LogP contribution in [0.2, 0.25) is 0 Å². The molecule has 1 heterocycles. The number of nitrogens with zero attached hydrogens (tertiary/aromatic N) is 1. The van der Waals surface area contributed by atoms with Gasteiger partial charge in [0.15, 0.2) is 0 Å². The minimum absolute atomic E-state index is 0.000842. The Bertz CT molecular complexity index is 671. The number of hydrogen-bond acceptors (Lipinski definition) is 1. The summed E-state index contributed by atoms with van der Waals surface area (Å²) in [5.41, 5.74) is 7.22. The van der Waals surface area contributed by atoms with E-state index < -0.39 is 0 Å². The number of anilines is 1. The quantitative estimate of drug-likeness (QED) is 0.801. The fourth-order valence-electron chi connectivity index (χ4n) is 3.12. The van der Waals surface area contributed by atoms with Gasteiger partial charge in [-0.1, -0.05) is 24.3 Å². The van der Waals surface area contributed by atoms with Crippen LogP contribution >= 0.6 is 0 Å². The van der Waals surface area contributed by atoms with E-state index in [2.05, 4.69) is 64.1 Å². The molecule has 1 atom stereocenters.